The molecule has 0 aliphatic heterocycles. The van der Waals surface area contributed by atoms with Crippen LogP contribution in [0.15, 0.2) is 48.5 Å². The quantitative estimate of drug-likeness (QED) is 0.747. The molecule has 0 saturated heterocycles. The van der Waals surface area contributed by atoms with Crippen LogP contribution < -0.4 is 15.5 Å². The maximum absolute atomic E-state index is 12.2. The average molecular weight is 389 g/mol. The lowest BCUT2D eigenvalue weighted by Gasteiger charge is -2.25. The van der Waals surface area contributed by atoms with E-state index in [0.717, 1.165) is 11.3 Å². The zero-order valence-corrected chi connectivity index (χ0v) is 16.7. The zero-order valence-electron chi connectivity index (χ0n) is 16.0. The van der Waals surface area contributed by atoms with E-state index < -0.39 is 11.8 Å². The van der Waals surface area contributed by atoms with E-state index in [1.54, 1.807) is 24.3 Å². The summed E-state index contributed by atoms with van der Waals surface area (Å²) in [5.74, 6) is -1.45. The van der Waals surface area contributed by atoms with Crippen molar-refractivity contribution in [2.24, 2.45) is 0 Å². The lowest BCUT2D eigenvalue weighted by Crippen LogP contribution is -2.40. The second-order valence-electron chi connectivity index (χ2n) is 6.61. The van der Waals surface area contributed by atoms with Crippen molar-refractivity contribution in [2.75, 3.05) is 45.0 Å². The first-order valence-electron chi connectivity index (χ1n) is 8.57. The Morgan fingerprint density at radius 3 is 2.15 bits per heavy atom. The topological polar surface area (TPSA) is 64.7 Å². The number of nitrogens with zero attached hydrogens (tertiary/aromatic N) is 2. The highest BCUT2D eigenvalue weighted by Gasteiger charge is 2.19. The van der Waals surface area contributed by atoms with Gasteiger partial charge in [-0.25, -0.2) is 0 Å². The maximum atomic E-state index is 12.2. The molecule has 0 spiro atoms. The summed E-state index contributed by atoms with van der Waals surface area (Å²) in [4.78, 5) is 28.3. The van der Waals surface area contributed by atoms with Crippen LogP contribution in [-0.4, -0.2) is 51.4 Å². The second kappa shape index (κ2) is 9.39. The van der Waals surface area contributed by atoms with E-state index in [9.17, 15) is 9.59 Å². The van der Waals surface area contributed by atoms with Gasteiger partial charge in [0.2, 0.25) is 0 Å². The summed E-state index contributed by atoms with van der Waals surface area (Å²) in [6.07, 6.45) is 0. The summed E-state index contributed by atoms with van der Waals surface area (Å²) in [5.41, 5.74) is 2.56. The van der Waals surface area contributed by atoms with Crippen LogP contribution in [-0.2, 0) is 9.59 Å². The standard InChI is InChI=1S/C20H25ClN4O2/c1-24(2)15-11-9-14(10-12-15)18(25(3)4)13-22-19(26)20(27)23-17-8-6-5-7-16(17)21/h5-12,18H,13H2,1-4H3,(H,22,26)(H,23,27)/t18-/m1/s1. The molecule has 2 rings (SSSR count). The Hall–Kier alpha value is -2.57. The number of likely N-dealkylation sites (N-methyl/N-ethyl adjacent to an activating group) is 1. The highest BCUT2D eigenvalue weighted by molar-refractivity contribution is 6.41. The molecule has 7 heteroatoms. The van der Waals surface area contributed by atoms with E-state index in [-0.39, 0.29) is 6.04 Å². The Balaban J connectivity index is 1.99. The molecule has 0 radical (unpaired) electrons. The molecule has 2 amide bonds. The number of carbonyl (C=O) groups is 2. The number of halogens is 1. The molecule has 0 aromatic heterocycles. The number of amides is 2. The van der Waals surface area contributed by atoms with Crippen LogP contribution in [0.5, 0.6) is 0 Å². The normalized spacial score (nSPS) is 11.8. The monoisotopic (exact) mass is 388 g/mol. The molecular formula is C20H25ClN4O2. The molecule has 0 aliphatic rings. The molecule has 144 valence electrons. The fraction of sp³-hybridized carbons (Fsp3) is 0.300. The minimum absolute atomic E-state index is 0.0572. The van der Waals surface area contributed by atoms with Gasteiger partial charge in [0.25, 0.3) is 0 Å². The Labute approximate surface area is 165 Å². The van der Waals surface area contributed by atoms with Gasteiger partial charge in [-0.15, -0.1) is 0 Å². The Morgan fingerprint density at radius 1 is 0.963 bits per heavy atom. The molecule has 6 nitrogen and oxygen atoms in total. The van der Waals surface area contributed by atoms with Crippen molar-refractivity contribution in [3.05, 3.63) is 59.1 Å². The van der Waals surface area contributed by atoms with E-state index in [2.05, 4.69) is 10.6 Å². The van der Waals surface area contributed by atoms with Crippen LogP contribution in [0.2, 0.25) is 5.02 Å². The molecular weight excluding hydrogens is 364 g/mol. The molecule has 0 aliphatic carbocycles. The SMILES string of the molecule is CN(C)c1ccc([C@@H](CNC(=O)C(=O)Nc2ccccc2Cl)N(C)C)cc1. The fourth-order valence-electron chi connectivity index (χ4n) is 2.60. The molecule has 2 aromatic rings. The molecule has 0 bridgehead atoms. The minimum atomic E-state index is -0.747. The molecule has 1 atom stereocenters. The Bertz CT molecular complexity index is 791. The molecule has 0 fully saturated rings. The van der Waals surface area contributed by atoms with Gasteiger partial charge in [-0.1, -0.05) is 35.9 Å². The van der Waals surface area contributed by atoms with Gasteiger partial charge in [0.15, 0.2) is 0 Å². The summed E-state index contributed by atoms with van der Waals surface area (Å²) < 4.78 is 0. The third-order valence-electron chi connectivity index (χ3n) is 4.20. The van der Waals surface area contributed by atoms with Crippen molar-refractivity contribution in [2.45, 2.75) is 6.04 Å². The van der Waals surface area contributed by atoms with Crippen LogP contribution >= 0.6 is 11.6 Å². The van der Waals surface area contributed by atoms with Crippen molar-refractivity contribution in [3.63, 3.8) is 0 Å². The summed E-state index contributed by atoms with van der Waals surface area (Å²) in [6.45, 7) is 0.309. The Morgan fingerprint density at radius 2 is 1.59 bits per heavy atom. The largest absolute Gasteiger partial charge is 0.378 e. The highest BCUT2D eigenvalue weighted by Crippen LogP contribution is 2.22. The van der Waals surface area contributed by atoms with Crippen LogP contribution in [0, 0.1) is 0 Å². The third kappa shape index (κ3) is 5.70. The first kappa shape index (κ1) is 20.7. The molecule has 27 heavy (non-hydrogen) atoms. The number of rotatable bonds is 6. The third-order valence-corrected chi connectivity index (χ3v) is 4.53. The van der Waals surface area contributed by atoms with E-state index in [4.69, 9.17) is 11.6 Å². The van der Waals surface area contributed by atoms with Gasteiger partial charge in [-0.05, 0) is 43.9 Å². The van der Waals surface area contributed by atoms with E-state index in [1.807, 2.05) is 62.3 Å². The maximum Gasteiger partial charge on any atom is 0.313 e. The molecule has 0 saturated carbocycles. The van der Waals surface area contributed by atoms with Crippen molar-refractivity contribution in [3.8, 4) is 0 Å². The van der Waals surface area contributed by atoms with Crippen LogP contribution in [0.25, 0.3) is 0 Å². The van der Waals surface area contributed by atoms with Gasteiger partial charge in [0.05, 0.1) is 16.8 Å². The van der Waals surface area contributed by atoms with Crippen molar-refractivity contribution >= 4 is 34.8 Å². The first-order chi connectivity index (χ1) is 12.8. The number of carbonyl (C=O) groups excluding carboxylic acids is 2. The van der Waals surface area contributed by atoms with Crippen LogP contribution in [0.3, 0.4) is 0 Å². The van der Waals surface area contributed by atoms with E-state index in [1.165, 1.54) is 0 Å². The summed E-state index contributed by atoms with van der Waals surface area (Å²) >= 11 is 6.00. The number of hydrogen-bond donors (Lipinski definition) is 2. The number of anilines is 2. The number of nitrogens with one attached hydrogen (secondary N) is 2. The average Bonchev–Trinajstić information content (AvgIpc) is 2.63. The Kier molecular flexibility index (Phi) is 7.21. The molecule has 2 N–H and O–H groups in total. The predicted octanol–water partition coefficient (Wildman–Crippen LogP) is 2.76. The number of para-hydroxylation sites is 1. The highest BCUT2D eigenvalue weighted by atomic mass is 35.5. The van der Waals surface area contributed by atoms with E-state index in [0.29, 0.717) is 17.3 Å². The van der Waals surface area contributed by atoms with Crippen molar-refractivity contribution < 1.29 is 9.59 Å². The van der Waals surface area contributed by atoms with Gasteiger partial charge >= 0.3 is 11.8 Å². The second-order valence-corrected chi connectivity index (χ2v) is 7.02. The first-order valence-corrected chi connectivity index (χ1v) is 8.95. The lowest BCUT2D eigenvalue weighted by atomic mass is 10.1. The van der Waals surface area contributed by atoms with Crippen LogP contribution in [0.1, 0.15) is 11.6 Å². The fourth-order valence-corrected chi connectivity index (χ4v) is 2.79. The molecule has 2 aromatic carbocycles. The summed E-state index contributed by atoms with van der Waals surface area (Å²) in [5, 5.41) is 5.59. The molecule has 0 heterocycles. The minimum Gasteiger partial charge on any atom is -0.378 e. The van der Waals surface area contributed by atoms with Crippen molar-refractivity contribution in [1.82, 2.24) is 10.2 Å². The summed E-state index contributed by atoms with van der Waals surface area (Å²) in [6, 6.07) is 14.8. The van der Waals surface area contributed by atoms with Crippen molar-refractivity contribution in [1.29, 1.82) is 0 Å². The number of hydrogen-bond acceptors (Lipinski definition) is 4. The van der Waals surface area contributed by atoms with Gasteiger partial charge in [0.1, 0.15) is 0 Å². The zero-order chi connectivity index (χ0) is 20.0. The predicted molar refractivity (Wildman–Crippen MR) is 110 cm³/mol. The number of benzene rings is 2. The van der Waals surface area contributed by atoms with Gasteiger partial charge in [-0.3, -0.25) is 9.59 Å². The van der Waals surface area contributed by atoms with Gasteiger partial charge < -0.3 is 20.4 Å². The lowest BCUT2D eigenvalue weighted by molar-refractivity contribution is -0.136. The molecule has 0 unspecified atom stereocenters. The van der Waals surface area contributed by atoms with Gasteiger partial charge in [-0.2, -0.15) is 0 Å². The van der Waals surface area contributed by atoms with E-state index >= 15 is 0 Å². The summed E-state index contributed by atoms with van der Waals surface area (Å²) in [7, 11) is 7.83. The van der Waals surface area contributed by atoms with Gasteiger partial charge in [0, 0.05) is 26.3 Å². The van der Waals surface area contributed by atoms with Crippen LogP contribution in [0.4, 0.5) is 11.4 Å². The smallest absolute Gasteiger partial charge is 0.313 e.